The quantitative estimate of drug-likeness (QED) is 0.481. The van der Waals surface area contributed by atoms with Crippen molar-refractivity contribution in [1.82, 2.24) is 19.1 Å². The Morgan fingerprint density at radius 2 is 1.78 bits per heavy atom. The summed E-state index contributed by atoms with van der Waals surface area (Å²) in [4.78, 5) is 16.0. The number of nitrogens with one attached hydrogen (secondary N) is 1. The maximum atomic E-state index is 14.7. The fourth-order valence-electron chi connectivity index (χ4n) is 3.69. The first-order chi connectivity index (χ1) is 15.3. The molecule has 0 radical (unpaired) electrons. The summed E-state index contributed by atoms with van der Waals surface area (Å²) in [6, 6.07) is 16.2. The van der Waals surface area contributed by atoms with Gasteiger partial charge >= 0.3 is 0 Å². The standard InChI is InChI=1S/C25H31FN4OS/c1-27-15-14-19(26)17-30-23-9-7-6-8-21(23)22(24(30)25(31)28(2)3)16-18-10-12-20(13-11-18)32-29(4)5/h6-14,27H,15-17H2,1-5H3/b19-14-. The molecule has 0 spiro atoms. The smallest absolute Gasteiger partial charge is 0.270 e. The second-order valence-corrected chi connectivity index (χ2v) is 9.45. The van der Waals surface area contributed by atoms with Gasteiger partial charge < -0.3 is 14.8 Å². The number of benzene rings is 2. The van der Waals surface area contributed by atoms with Gasteiger partial charge in [0, 0.05) is 42.9 Å². The molecular formula is C25H31FN4OS. The molecule has 0 saturated heterocycles. The van der Waals surface area contributed by atoms with Crippen molar-refractivity contribution < 1.29 is 9.18 Å². The third kappa shape index (κ3) is 5.59. The molecule has 1 N–H and O–H groups in total. The first-order valence-corrected chi connectivity index (χ1v) is 11.3. The molecule has 5 nitrogen and oxygen atoms in total. The Morgan fingerprint density at radius 1 is 1.09 bits per heavy atom. The van der Waals surface area contributed by atoms with E-state index in [-0.39, 0.29) is 18.3 Å². The number of nitrogens with zero attached hydrogens (tertiary/aromatic N) is 3. The molecule has 32 heavy (non-hydrogen) atoms. The molecule has 0 atom stereocenters. The van der Waals surface area contributed by atoms with Crippen LogP contribution in [0, 0.1) is 0 Å². The second-order valence-electron chi connectivity index (χ2n) is 8.06. The zero-order valence-electron chi connectivity index (χ0n) is 19.4. The predicted octanol–water partition coefficient (Wildman–Crippen LogP) is 4.58. The fraction of sp³-hybridized carbons (Fsp3) is 0.320. The van der Waals surface area contributed by atoms with Gasteiger partial charge in [-0.15, -0.1) is 0 Å². The van der Waals surface area contributed by atoms with E-state index in [2.05, 4.69) is 29.6 Å². The van der Waals surface area contributed by atoms with Crippen molar-refractivity contribution in [2.75, 3.05) is 41.8 Å². The highest BCUT2D eigenvalue weighted by Crippen LogP contribution is 2.31. The summed E-state index contributed by atoms with van der Waals surface area (Å²) in [6.07, 6.45) is 2.11. The van der Waals surface area contributed by atoms with Crippen LogP contribution in [0.4, 0.5) is 4.39 Å². The minimum atomic E-state index is -0.274. The molecule has 1 aromatic heterocycles. The Labute approximate surface area is 194 Å². The highest BCUT2D eigenvalue weighted by atomic mass is 32.2. The number of carbonyl (C=O) groups is 1. The number of amides is 1. The molecule has 3 aromatic rings. The molecule has 0 aliphatic heterocycles. The van der Waals surface area contributed by atoms with Gasteiger partial charge in [-0.1, -0.05) is 30.3 Å². The molecule has 2 aromatic carbocycles. The Hall–Kier alpha value is -2.61. The summed E-state index contributed by atoms with van der Waals surface area (Å²) >= 11 is 1.66. The van der Waals surface area contributed by atoms with Gasteiger partial charge in [0.05, 0.1) is 6.54 Å². The van der Waals surface area contributed by atoms with Crippen LogP contribution in [0.15, 0.2) is 65.3 Å². The molecule has 0 aliphatic rings. The van der Waals surface area contributed by atoms with Crippen LogP contribution in [-0.2, 0) is 13.0 Å². The summed E-state index contributed by atoms with van der Waals surface area (Å²) < 4.78 is 18.6. The molecule has 0 saturated carbocycles. The zero-order chi connectivity index (χ0) is 23.3. The van der Waals surface area contributed by atoms with Crippen molar-refractivity contribution in [3.63, 3.8) is 0 Å². The Morgan fingerprint density at radius 3 is 2.41 bits per heavy atom. The van der Waals surface area contributed by atoms with Crippen molar-refractivity contribution in [2.45, 2.75) is 17.9 Å². The summed E-state index contributed by atoms with van der Waals surface area (Å²) in [5.74, 6) is -0.401. The number of para-hydroxylation sites is 1. The lowest BCUT2D eigenvalue weighted by Gasteiger charge is -2.16. The van der Waals surface area contributed by atoms with Crippen LogP contribution in [-0.4, -0.2) is 61.5 Å². The molecule has 7 heteroatoms. The lowest BCUT2D eigenvalue weighted by Crippen LogP contribution is -2.26. The number of carbonyl (C=O) groups excluding carboxylic acids is 1. The Kier molecular flexibility index (Phi) is 8.12. The highest BCUT2D eigenvalue weighted by Gasteiger charge is 2.24. The van der Waals surface area contributed by atoms with Crippen LogP contribution >= 0.6 is 11.9 Å². The van der Waals surface area contributed by atoms with E-state index in [1.54, 1.807) is 38.0 Å². The van der Waals surface area contributed by atoms with Crippen molar-refractivity contribution in [3.05, 3.63) is 77.3 Å². The van der Waals surface area contributed by atoms with E-state index in [1.165, 1.54) is 6.08 Å². The maximum Gasteiger partial charge on any atom is 0.270 e. The summed E-state index contributed by atoms with van der Waals surface area (Å²) in [5.41, 5.74) is 3.43. The minimum absolute atomic E-state index is 0.0233. The lowest BCUT2D eigenvalue weighted by atomic mass is 10.0. The minimum Gasteiger partial charge on any atom is -0.343 e. The second kappa shape index (κ2) is 10.8. The van der Waals surface area contributed by atoms with E-state index in [0.717, 1.165) is 26.9 Å². The number of fused-ring (bicyclic) bond motifs is 1. The monoisotopic (exact) mass is 454 g/mol. The van der Waals surface area contributed by atoms with Gasteiger partial charge in [-0.2, -0.15) is 0 Å². The van der Waals surface area contributed by atoms with Gasteiger partial charge in [-0.05, 0) is 68.5 Å². The van der Waals surface area contributed by atoms with E-state index < -0.39 is 0 Å². The largest absolute Gasteiger partial charge is 0.343 e. The first-order valence-electron chi connectivity index (χ1n) is 10.6. The summed E-state index contributed by atoms with van der Waals surface area (Å²) in [6.45, 7) is 0.460. The molecule has 1 heterocycles. The number of likely N-dealkylation sites (N-methyl/N-ethyl adjacent to an activating group) is 1. The number of hydrogen-bond donors (Lipinski definition) is 1. The first kappa shape index (κ1) is 24.0. The van der Waals surface area contributed by atoms with Gasteiger partial charge in [0.15, 0.2) is 0 Å². The average Bonchev–Trinajstić information content (AvgIpc) is 3.05. The number of aromatic nitrogens is 1. The van der Waals surface area contributed by atoms with Crippen LogP contribution < -0.4 is 5.32 Å². The van der Waals surface area contributed by atoms with E-state index in [9.17, 15) is 9.18 Å². The topological polar surface area (TPSA) is 40.5 Å². The van der Waals surface area contributed by atoms with Crippen LogP contribution in [0.1, 0.15) is 21.6 Å². The zero-order valence-corrected chi connectivity index (χ0v) is 20.2. The normalized spacial score (nSPS) is 12.0. The molecule has 0 bridgehead atoms. The number of halogens is 1. The van der Waals surface area contributed by atoms with Crippen LogP contribution in [0.5, 0.6) is 0 Å². The van der Waals surface area contributed by atoms with Gasteiger partial charge in [0.2, 0.25) is 0 Å². The van der Waals surface area contributed by atoms with E-state index in [1.807, 2.05) is 47.2 Å². The average molecular weight is 455 g/mol. The van der Waals surface area contributed by atoms with Gasteiger partial charge in [-0.3, -0.25) is 9.10 Å². The molecule has 1 amide bonds. The van der Waals surface area contributed by atoms with Gasteiger partial charge in [0.25, 0.3) is 5.91 Å². The Bertz CT molecular complexity index is 1100. The number of hydrogen-bond acceptors (Lipinski definition) is 4. The molecular weight excluding hydrogens is 423 g/mol. The van der Waals surface area contributed by atoms with Crippen LogP contribution in [0.3, 0.4) is 0 Å². The fourth-order valence-corrected chi connectivity index (χ4v) is 4.37. The SMILES string of the molecule is CNC/C=C(\F)Cn1c(C(=O)N(C)C)c(Cc2ccc(SN(C)C)cc2)c2ccccc21. The van der Waals surface area contributed by atoms with E-state index in [0.29, 0.717) is 18.7 Å². The molecule has 0 unspecified atom stereocenters. The van der Waals surface area contributed by atoms with E-state index >= 15 is 0 Å². The number of rotatable bonds is 9. The van der Waals surface area contributed by atoms with Crippen molar-refractivity contribution in [1.29, 1.82) is 0 Å². The summed E-state index contributed by atoms with van der Waals surface area (Å²) in [5, 5.41) is 3.90. The van der Waals surface area contributed by atoms with Crippen molar-refractivity contribution in [3.8, 4) is 0 Å². The van der Waals surface area contributed by atoms with Crippen LogP contribution in [0.2, 0.25) is 0 Å². The van der Waals surface area contributed by atoms with Gasteiger partial charge in [-0.25, -0.2) is 4.39 Å². The molecule has 170 valence electrons. The lowest BCUT2D eigenvalue weighted by molar-refractivity contribution is 0.0817. The van der Waals surface area contributed by atoms with Crippen molar-refractivity contribution in [2.24, 2.45) is 0 Å². The third-order valence-corrected chi connectivity index (χ3v) is 5.96. The molecule has 0 fully saturated rings. The third-order valence-electron chi connectivity index (χ3n) is 5.11. The molecule has 0 aliphatic carbocycles. The summed E-state index contributed by atoms with van der Waals surface area (Å²) in [7, 11) is 9.26. The van der Waals surface area contributed by atoms with Crippen molar-refractivity contribution >= 4 is 28.8 Å². The predicted molar refractivity (Wildman–Crippen MR) is 132 cm³/mol. The van der Waals surface area contributed by atoms with E-state index in [4.69, 9.17) is 0 Å². The Balaban J connectivity index is 2.10. The molecule has 3 rings (SSSR count). The maximum absolute atomic E-state index is 14.7. The highest BCUT2D eigenvalue weighted by molar-refractivity contribution is 7.97. The number of allylic oxidation sites excluding steroid dienone is 1. The van der Waals surface area contributed by atoms with Crippen LogP contribution in [0.25, 0.3) is 10.9 Å². The van der Waals surface area contributed by atoms with Gasteiger partial charge in [0.1, 0.15) is 11.5 Å².